The molecule has 256 valence electrons. The quantitative estimate of drug-likeness (QED) is 0.0276. The van der Waals surface area contributed by atoms with E-state index < -0.39 is 78.7 Å². The molecule has 0 aliphatic carbocycles. The summed E-state index contributed by atoms with van der Waals surface area (Å²) in [6.45, 7) is 2.09. The van der Waals surface area contributed by atoms with Gasteiger partial charge in [0.1, 0.15) is 30.2 Å². The lowest BCUT2D eigenvalue weighted by Crippen LogP contribution is -2.44. The third-order valence-corrected chi connectivity index (χ3v) is 5.20. The molecule has 0 bridgehead atoms. The zero-order valence-electron chi connectivity index (χ0n) is 24.4. The van der Waals surface area contributed by atoms with Gasteiger partial charge in [-0.3, -0.25) is 24.6 Å². The molecule has 0 spiro atoms. The van der Waals surface area contributed by atoms with Gasteiger partial charge in [-0.15, -0.1) is 0 Å². The molecule has 0 saturated carbocycles. The smallest absolute Gasteiger partial charge is 0.333 e. The fourth-order valence-corrected chi connectivity index (χ4v) is 2.49. The number of aliphatic hydroxyl groups excluding tert-OH is 2. The summed E-state index contributed by atoms with van der Waals surface area (Å²) in [5.41, 5.74) is 30.1. The molecular formula is C23H47N9O12. The van der Waals surface area contributed by atoms with E-state index in [0.29, 0.717) is 25.8 Å². The van der Waals surface area contributed by atoms with Gasteiger partial charge in [-0.1, -0.05) is 0 Å². The minimum absolute atomic E-state index is 0.0213. The Morgan fingerprint density at radius 3 is 1.77 bits per heavy atom. The van der Waals surface area contributed by atoms with E-state index in [1.54, 1.807) is 0 Å². The number of carboxylic acids is 3. The average molecular weight is 642 g/mol. The van der Waals surface area contributed by atoms with E-state index in [2.05, 4.69) is 15.4 Å². The molecule has 1 fully saturated rings. The van der Waals surface area contributed by atoms with Crippen molar-refractivity contribution in [3.63, 3.8) is 0 Å². The minimum atomic E-state index is -1.18. The Hall–Kier alpha value is -3.99. The first-order chi connectivity index (χ1) is 20.3. The number of guanidine groups is 1. The van der Waals surface area contributed by atoms with Gasteiger partial charge in [-0.25, -0.2) is 9.59 Å². The first-order valence-electron chi connectivity index (χ1n) is 13.1. The maximum atomic E-state index is 11.3. The fraction of sp³-hybridized carbons (Fsp3) is 0.696. The van der Waals surface area contributed by atoms with Gasteiger partial charge in [0.05, 0.1) is 12.7 Å². The molecule has 1 amide bonds. The van der Waals surface area contributed by atoms with Crippen LogP contribution >= 0.6 is 0 Å². The average Bonchev–Trinajstić information content (AvgIpc) is 3.49. The second-order valence-corrected chi connectivity index (χ2v) is 9.16. The summed E-state index contributed by atoms with van der Waals surface area (Å²) in [5, 5.41) is 53.7. The molecule has 0 aromatic rings. The van der Waals surface area contributed by atoms with Gasteiger partial charge in [-0.2, -0.15) is 0 Å². The molecule has 0 aromatic heterocycles. The lowest BCUT2D eigenvalue weighted by Gasteiger charge is -2.14. The second-order valence-electron chi connectivity index (χ2n) is 9.16. The summed E-state index contributed by atoms with van der Waals surface area (Å²) >= 11 is 0. The number of rotatable bonds is 14. The van der Waals surface area contributed by atoms with Crippen LogP contribution in [0.3, 0.4) is 0 Å². The topological polar surface area (TPSA) is 417 Å². The van der Waals surface area contributed by atoms with Gasteiger partial charge in [0.2, 0.25) is 5.91 Å². The number of nitrogens with one attached hydrogen (secondary N) is 3. The number of esters is 2. The molecule has 44 heavy (non-hydrogen) atoms. The molecule has 0 radical (unpaired) electrons. The zero-order valence-corrected chi connectivity index (χ0v) is 24.4. The molecule has 1 saturated heterocycles. The largest absolute Gasteiger partial charge is 0.480 e. The van der Waals surface area contributed by atoms with E-state index in [4.69, 9.17) is 65.3 Å². The van der Waals surface area contributed by atoms with Crippen LogP contribution in [0.2, 0.25) is 0 Å². The summed E-state index contributed by atoms with van der Waals surface area (Å²) in [6, 6.07) is -4.52. The number of aliphatic carboxylic acids is 3. The molecule has 0 unspecified atom stereocenters. The maximum absolute atomic E-state index is 11.3. The number of ether oxygens (including phenoxy) is 1. The highest BCUT2D eigenvalue weighted by Gasteiger charge is 2.29. The van der Waals surface area contributed by atoms with E-state index in [-0.39, 0.29) is 18.8 Å². The Balaban J connectivity index is -0.000000528. The van der Waals surface area contributed by atoms with Gasteiger partial charge in [0, 0.05) is 13.0 Å². The molecular weight excluding hydrogens is 594 g/mol. The molecule has 1 aliphatic heterocycles. The Labute approximate surface area is 253 Å². The number of hydrogen-bond donors (Lipinski definition) is 14. The molecule has 21 heteroatoms. The number of carbonyl (C=O) groups excluding carboxylic acids is 3. The number of hydrogen-bond acceptors (Lipinski definition) is 15. The van der Waals surface area contributed by atoms with Crippen LogP contribution in [-0.2, 0) is 33.5 Å². The minimum Gasteiger partial charge on any atom is -0.480 e. The summed E-state index contributed by atoms with van der Waals surface area (Å²) in [6.07, 6.45) is 1.62. The van der Waals surface area contributed by atoms with Crippen molar-refractivity contribution in [1.82, 2.24) is 10.6 Å². The summed E-state index contributed by atoms with van der Waals surface area (Å²) < 4.78 is 4.53. The normalized spacial score (nSPS) is 16.7. The first-order valence-corrected chi connectivity index (χ1v) is 13.1. The summed E-state index contributed by atoms with van der Waals surface area (Å²) in [5.74, 6) is -5.44. The van der Waals surface area contributed by atoms with Crippen molar-refractivity contribution in [3.8, 4) is 0 Å². The Kier molecular flexibility index (Phi) is 25.8. The van der Waals surface area contributed by atoms with Gasteiger partial charge < -0.3 is 75.3 Å². The van der Waals surface area contributed by atoms with Gasteiger partial charge in [-0.05, 0) is 45.6 Å². The highest BCUT2D eigenvalue weighted by molar-refractivity contribution is 5.91. The number of carboxylic acid groups (broad SMARTS) is 3. The number of carbonyl (C=O) groups is 6. The Morgan fingerprint density at radius 2 is 1.43 bits per heavy atom. The summed E-state index contributed by atoms with van der Waals surface area (Å²) in [4.78, 5) is 62.5. The number of aliphatic hydroxyl groups is 2. The van der Waals surface area contributed by atoms with Gasteiger partial charge in [0.25, 0.3) is 0 Å². The molecule has 21 nitrogen and oxygen atoms in total. The van der Waals surface area contributed by atoms with Gasteiger partial charge in [0.15, 0.2) is 5.96 Å². The van der Waals surface area contributed by atoms with E-state index in [1.165, 1.54) is 6.92 Å². The lowest BCUT2D eigenvalue weighted by atomic mass is 10.2. The van der Waals surface area contributed by atoms with Crippen molar-refractivity contribution in [2.24, 2.45) is 34.4 Å². The van der Waals surface area contributed by atoms with Crippen LogP contribution in [0.1, 0.15) is 45.4 Å². The first kappa shape index (κ1) is 44.5. The number of nitrogens with two attached hydrogens (primary N) is 6. The van der Waals surface area contributed by atoms with Crippen molar-refractivity contribution in [3.05, 3.63) is 0 Å². The predicted octanol–water partition coefficient (Wildman–Crippen LogP) is -5.77. The number of primary amides is 1. The Morgan fingerprint density at radius 1 is 0.932 bits per heavy atom. The molecule has 0 aromatic carbocycles. The SMILES string of the molecule is C[C@@H](O)[C@H](N)C(=O)OC(=O)[C@@H]1CCCN1.N=C(N)NCCC[C@H](N)C(=O)O.NC(=O)CC[C@H](N)C(=O)O.N[C@@H](CO)C(=O)O. The molecule has 1 aliphatic rings. The molecule has 6 atom stereocenters. The van der Waals surface area contributed by atoms with Crippen molar-refractivity contribution < 1.29 is 59.0 Å². The predicted molar refractivity (Wildman–Crippen MR) is 153 cm³/mol. The van der Waals surface area contributed by atoms with E-state index in [9.17, 15) is 28.8 Å². The maximum Gasteiger partial charge on any atom is 0.333 e. The van der Waals surface area contributed by atoms with Crippen LogP contribution in [0, 0.1) is 5.41 Å². The highest BCUT2D eigenvalue weighted by atomic mass is 16.6. The van der Waals surface area contributed by atoms with Crippen LogP contribution in [0.25, 0.3) is 0 Å². The Bertz CT molecular complexity index is 905. The van der Waals surface area contributed by atoms with E-state index >= 15 is 0 Å². The molecule has 20 N–H and O–H groups in total. The monoisotopic (exact) mass is 641 g/mol. The highest BCUT2D eigenvalue weighted by Crippen LogP contribution is 2.07. The van der Waals surface area contributed by atoms with Crippen molar-refractivity contribution in [2.75, 3.05) is 19.7 Å². The number of amides is 1. The fourth-order valence-electron chi connectivity index (χ4n) is 2.49. The third kappa shape index (κ3) is 25.7. The summed E-state index contributed by atoms with van der Waals surface area (Å²) in [7, 11) is 0. The van der Waals surface area contributed by atoms with Crippen molar-refractivity contribution >= 4 is 41.7 Å². The third-order valence-electron chi connectivity index (χ3n) is 5.20. The standard InChI is InChI=1S/C9H16N2O4.C6H14N4O2.C5H10N2O3.C3H7NO3/c1-5(12)7(10)9(14)15-8(13)6-3-2-4-11-6;7-4(5(11)12)2-1-3-10-6(8)9;6-3(5(9)10)1-2-4(7)8;4-2(1-5)3(6)7/h5-7,11-12H,2-4,10H2,1H3;4H,1-3,7H2,(H,11,12)(H4,8,9,10);3H,1-2,6H2,(H2,7,8)(H,9,10);2,5H,1,4H2,(H,6,7)/t5-,6+,7+;4-;3-;2-/m1000/s1. The van der Waals surface area contributed by atoms with Crippen LogP contribution in [0.15, 0.2) is 0 Å². The lowest BCUT2D eigenvalue weighted by molar-refractivity contribution is -0.163. The van der Waals surface area contributed by atoms with Crippen molar-refractivity contribution in [1.29, 1.82) is 5.41 Å². The van der Waals surface area contributed by atoms with Crippen LogP contribution in [0.4, 0.5) is 0 Å². The van der Waals surface area contributed by atoms with Crippen molar-refractivity contribution in [2.45, 2.75) is 81.8 Å². The van der Waals surface area contributed by atoms with E-state index in [1.807, 2.05) is 0 Å². The second kappa shape index (κ2) is 25.5. The molecule has 1 heterocycles. The van der Waals surface area contributed by atoms with Crippen LogP contribution in [0.5, 0.6) is 0 Å². The van der Waals surface area contributed by atoms with Crippen LogP contribution < -0.4 is 45.0 Å². The zero-order chi connectivity index (χ0) is 35.0. The van der Waals surface area contributed by atoms with E-state index in [0.717, 1.165) is 13.0 Å². The van der Waals surface area contributed by atoms with Gasteiger partial charge >= 0.3 is 29.8 Å². The molecule has 1 rings (SSSR count). The van der Waals surface area contributed by atoms with Crippen LogP contribution in [-0.4, -0.2) is 123 Å².